The van der Waals surface area contributed by atoms with E-state index in [2.05, 4.69) is 25.9 Å². The van der Waals surface area contributed by atoms with Crippen LogP contribution in [0.3, 0.4) is 0 Å². The highest BCUT2D eigenvalue weighted by atomic mass is 79.9. The fourth-order valence-electron chi connectivity index (χ4n) is 1.68. The molecule has 5 heteroatoms. The third-order valence-corrected chi connectivity index (χ3v) is 3.90. The molecule has 0 bridgehead atoms. The Morgan fingerprint density at radius 1 is 1.17 bits per heavy atom. The Morgan fingerprint density at radius 2 is 2.06 bits per heavy atom. The zero-order valence-corrected chi connectivity index (χ0v) is 12.0. The summed E-state index contributed by atoms with van der Waals surface area (Å²) >= 11 is 4.76. The van der Waals surface area contributed by atoms with E-state index in [9.17, 15) is 0 Å². The first-order chi connectivity index (χ1) is 8.72. The summed E-state index contributed by atoms with van der Waals surface area (Å²) < 4.78 is 6.57. The van der Waals surface area contributed by atoms with Crippen LogP contribution >= 0.6 is 27.3 Å². The van der Waals surface area contributed by atoms with Crippen molar-refractivity contribution in [1.29, 1.82) is 0 Å². The SMILES string of the molecule is Cc1ccc2cccc(Oc3nc(Br)cs3)c2n1. The number of halogens is 1. The number of aromatic nitrogens is 2. The molecule has 3 nitrogen and oxygen atoms in total. The van der Waals surface area contributed by atoms with Gasteiger partial charge in [-0.25, -0.2) is 4.98 Å². The number of nitrogens with zero attached hydrogens (tertiary/aromatic N) is 2. The number of thiazole rings is 1. The fraction of sp³-hybridized carbons (Fsp3) is 0.0769. The van der Waals surface area contributed by atoms with Crippen LogP contribution < -0.4 is 4.74 Å². The van der Waals surface area contributed by atoms with Crippen molar-refractivity contribution in [3.05, 3.63) is 46.0 Å². The molecule has 0 fully saturated rings. The lowest BCUT2D eigenvalue weighted by molar-refractivity contribution is 0.482. The normalized spacial score (nSPS) is 10.8. The second-order valence-electron chi connectivity index (χ2n) is 3.82. The van der Waals surface area contributed by atoms with Gasteiger partial charge in [0.05, 0.1) is 0 Å². The van der Waals surface area contributed by atoms with Crippen molar-refractivity contribution in [2.24, 2.45) is 0 Å². The second kappa shape index (κ2) is 4.66. The van der Waals surface area contributed by atoms with Crippen LogP contribution in [0.4, 0.5) is 0 Å². The van der Waals surface area contributed by atoms with E-state index in [0.717, 1.165) is 26.9 Å². The number of hydrogen-bond donors (Lipinski definition) is 0. The number of hydrogen-bond acceptors (Lipinski definition) is 4. The summed E-state index contributed by atoms with van der Waals surface area (Å²) in [5.41, 5.74) is 1.84. The minimum Gasteiger partial charge on any atom is -0.429 e. The molecule has 0 atom stereocenters. The first kappa shape index (κ1) is 11.6. The average molecular weight is 321 g/mol. The molecule has 0 unspecified atom stereocenters. The van der Waals surface area contributed by atoms with E-state index in [1.807, 2.05) is 42.6 Å². The van der Waals surface area contributed by atoms with Crippen molar-refractivity contribution >= 4 is 38.2 Å². The van der Waals surface area contributed by atoms with Gasteiger partial charge in [0, 0.05) is 16.5 Å². The Labute approximate surface area is 117 Å². The van der Waals surface area contributed by atoms with E-state index in [4.69, 9.17) is 4.74 Å². The summed E-state index contributed by atoms with van der Waals surface area (Å²) in [5.74, 6) is 0.734. The first-order valence-electron chi connectivity index (χ1n) is 5.37. The highest BCUT2D eigenvalue weighted by Gasteiger charge is 2.07. The van der Waals surface area contributed by atoms with Crippen molar-refractivity contribution in [3.8, 4) is 10.9 Å². The molecular formula is C13H9BrN2OS. The Kier molecular flexibility index (Phi) is 3.01. The second-order valence-corrected chi connectivity index (χ2v) is 5.45. The maximum Gasteiger partial charge on any atom is 0.279 e. The van der Waals surface area contributed by atoms with Crippen molar-refractivity contribution in [1.82, 2.24) is 9.97 Å². The molecule has 0 aliphatic rings. The van der Waals surface area contributed by atoms with Gasteiger partial charge in [0.2, 0.25) is 0 Å². The van der Waals surface area contributed by atoms with Gasteiger partial charge < -0.3 is 4.74 Å². The molecular weight excluding hydrogens is 312 g/mol. The summed E-state index contributed by atoms with van der Waals surface area (Å²) in [5, 5.41) is 3.56. The molecule has 0 saturated carbocycles. The minimum absolute atomic E-state index is 0.609. The molecule has 2 aromatic heterocycles. The van der Waals surface area contributed by atoms with Gasteiger partial charge in [0.15, 0.2) is 5.75 Å². The van der Waals surface area contributed by atoms with Crippen molar-refractivity contribution in [2.45, 2.75) is 6.92 Å². The fourth-order valence-corrected chi connectivity index (χ4v) is 2.78. The molecule has 0 aliphatic heterocycles. The Bertz CT molecular complexity index is 711. The Balaban J connectivity index is 2.08. The maximum atomic E-state index is 5.78. The third-order valence-electron chi connectivity index (χ3n) is 2.47. The molecule has 3 rings (SSSR count). The monoisotopic (exact) mass is 320 g/mol. The van der Waals surface area contributed by atoms with Crippen molar-refractivity contribution in [2.75, 3.05) is 0 Å². The predicted octanol–water partition coefficient (Wildman–Crippen LogP) is 4.55. The summed E-state index contributed by atoms with van der Waals surface area (Å²) in [6.45, 7) is 1.97. The summed E-state index contributed by atoms with van der Waals surface area (Å²) in [7, 11) is 0. The van der Waals surface area contributed by atoms with E-state index in [1.165, 1.54) is 11.3 Å². The van der Waals surface area contributed by atoms with Crippen molar-refractivity contribution in [3.63, 3.8) is 0 Å². The third kappa shape index (κ3) is 2.23. The molecule has 0 aliphatic carbocycles. The smallest absolute Gasteiger partial charge is 0.279 e. The lowest BCUT2D eigenvalue weighted by atomic mass is 10.2. The predicted molar refractivity (Wildman–Crippen MR) is 76.4 cm³/mol. The Morgan fingerprint density at radius 3 is 2.83 bits per heavy atom. The highest BCUT2D eigenvalue weighted by molar-refractivity contribution is 9.10. The lowest BCUT2D eigenvalue weighted by Crippen LogP contribution is -1.89. The van der Waals surface area contributed by atoms with Crippen LogP contribution in [-0.2, 0) is 0 Å². The number of para-hydroxylation sites is 1. The number of aryl methyl sites for hydroxylation is 1. The number of pyridine rings is 1. The first-order valence-corrected chi connectivity index (χ1v) is 7.05. The van der Waals surface area contributed by atoms with Gasteiger partial charge in [-0.1, -0.05) is 29.5 Å². The molecule has 2 heterocycles. The summed E-state index contributed by atoms with van der Waals surface area (Å²) in [6.07, 6.45) is 0. The molecule has 0 radical (unpaired) electrons. The quantitative estimate of drug-likeness (QED) is 0.694. The number of benzene rings is 1. The van der Waals surface area contributed by atoms with Crippen LogP contribution in [0.2, 0.25) is 0 Å². The van der Waals surface area contributed by atoms with Gasteiger partial charge in [-0.15, -0.1) is 0 Å². The van der Waals surface area contributed by atoms with E-state index in [0.29, 0.717) is 5.19 Å². The highest BCUT2D eigenvalue weighted by Crippen LogP contribution is 2.31. The van der Waals surface area contributed by atoms with Crippen LogP contribution in [-0.4, -0.2) is 9.97 Å². The molecule has 0 amide bonds. The number of ether oxygens (including phenoxy) is 1. The largest absolute Gasteiger partial charge is 0.429 e. The molecule has 0 N–H and O–H groups in total. The molecule has 1 aromatic carbocycles. The Hall–Kier alpha value is -1.46. The van der Waals surface area contributed by atoms with Crippen LogP contribution in [0.1, 0.15) is 5.69 Å². The minimum atomic E-state index is 0.609. The zero-order chi connectivity index (χ0) is 12.5. The average Bonchev–Trinajstić information content (AvgIpc) is 2.76. The van der Waals surface area contributed by atoms with Crippen LogP contribution in [0, 0.1) is 6.92 Å². The van der Waals surface area contributed by atoms with Crippen LogP contribution in [0.15, 0.2) is 40.3 Å². The topological polar surface area (TPSA) is 35.0 Å². The molecule has 18 heavy (non-hydrogen) atoms. The van der Waals surface area contributed by atoms with Gasteiger partial charge >= 0.3 is 0 Å². The van der Waals surface area contributed by atoms with Gasteiger partial charge in [-0.3, -0.25) is 0 Å². The number of fused-ring (bicyclic) bond motifs is 1. The lowest BCUT2D eigenvalue weighted by Gasteiger charge is -2.05. The van der Waals surface area contributed by atoms with Crippen LogP contribution in [0.25, 0.3) is 10.9 Å². The maximum absolute atomic E-state index is 5.78. The standard InChI is InChI=1S/C13H9BrN2OS/c1-8-5-6-9-3-2-4-10(12(9)15-8)17-13-16-11(14)7-18-13/h2-7H,1H3. The molecule has 0 spiro atoms. The summed E-state index contributed by atoms with van der Waals surface area (Å²) in [4.78, 5) is 8.74. The summed E-state index contributed by atoms with van der Waals surface area (Å²) in [6, 6.07) is 9.92. The van der Waals surface area contributed by atoms with E-state index in [1.54, 1.807) is 0 Å². The van der Waals surface area contributed by atoms with Gasteiger partial charge in [-0.2, -0.15) is 4.98 Å². The van der Waals surface area contributed by atoms with Gasteiger partial charge in [0.1, 0.15) is 10.1 Å². The number of rotatable bonds is 2. The van der Waals surface area contributed by atoms with Gasteiger partial charge in [0.25, 0.3) is 5.19 Å². The molecule has 90 valence electrons. The van der Waals surface area contributed by atoms with E-state index in [-0.39, 0.29) is 0 Å². The zero-order valence-electron chi connectivity index (χ0n) is 9.55. The van der Waals surface area contributed by atoms with E-state index >= 15 is 0 Å². The van der Waals surface area contributed by atoms with Gasteiger partial charge in [-0.05, 0) is 35.0 Å². The van der Waals surface area contributed by atoms with Crippen molar-refractivity contribution < 1.29 is 4.74 Å². The molecule has 3 aromatic rings. The van der Waals surface area contributed by atoms with Crippen LogP contribution in [0.5, 0.6) is 10.9 Å². The molecule has 0 saturated heterocycles. The van der Waals surface area contributed by atoms with E-state index < -0.39 is 0 Å².